The van der Waals surface area contributed by atoms with Crippen LogP contribution in [0.2, 0.25) is 0 Å². The molecule has 1 atom stereocenters. The molecule has 1 fully saturated rings. The van der Waals surface area contributed by atoms with Gasteiger partial charge in [0.1, 0.15) is 6.54 Å². The molecular formula is C24H23N3O3S. The molecule has 4 amide bonds. The second-order valence-corrected chi connectivity index (χ2v) is 8.47. The highest BCUT2D eigenvalue weighted by molar-refractivity contribution is 7.09. The second kappa shape index (κ2) is 9.14. The summed E-state index contributed by atoms with van der Waals surface area (Å²) in [6.45, 7) is 0.148. The number of nitrogens with one attached hydrogen (secondary N) is 2. The lowest BCUT2D eigenvalue weighted by molar-refractivity contribution is -0.135. The first-order chi connectivity index (χ1) is 15.1. The zero-order valence-corrected chi connectivity index (χ0v) is 17.7. The fourth-order valence-corrected chi connectivity index (χ4v) is 4.50. The second-order valence-electron chi connectivity index (χ2n) is 7.43. The number of carbonyl (C=O) groups is 3. The molecule has 0 unspecified atom stereocenters. The van der Waals surface area contributed by atoms with E-state index in [0.717, 1.165) is 10.5 Å². The molecule has 7 heteroatoms. The van der Waals surface area contributed by atoms with Crippen LogP contribution in [0.3, 0.4) is 0 Å². The minimum absolute atomic E-state index is 0.304. The van der Waals surface area contributed by atoms with E-state index in [1.165, 1.54) is 4.88 Å². The van der Waals surface area contributed by atoms with Crippen molar-refractivity contribution in [2.24, 2.45) is 0 Å². The minimum Gasteiger partial charge on any atom is -0.354 e. The van der Waals surface area contributed by atoms with Gasteiger partial charge >= 0.3 is 6.03 Å². The lowest BCUT2D eigenvalue weighted by Crippen LogP contribution is -2.47. The lowest BCUT2D eigenvalue weighted by atomic mass is 9.83. The number of imide groups is 1. The van der Waals surface area contributed by atoms with Crippen LogP contribution in [0, 0.1) is 0 Å². The average Bonchev–Trinajstić information content (AvgIpc) is 3.38. The Kier molecular flexibility index (Phi) is 6.13. The number of benzene rings is 2. The van der Waals surface area contributed by atoms with Gasteiger partial charge in [-0.15, -0.1) is 11.3 Å². The van der Waals surface area contributed by atoms with E-state index in [0.29, 0.717) is 24.9 Å². The molecule has 4 rings (SSSR count). The van der Waals surface area contributed by atoms with Crippen molar-refractivity contribution in [2.75, 3.05) is 13.1 Å². The van der Waals surface area contributed by atoms with Crippen LogP contribution in [0.25, 0.3) is 0 Å². The summed E-state index contributed by atoms with van der Waals surface area (Å²) in [5.41, 5.74) is 0.372. The topological polar surface area (TPSA) is 78.5 Å². The quantitative estimate of drug-likeness (QED) is 0.536. The summed E-state index contributed by atoms with van der Waals surface area (Å²) in [4.78, 5) is 40.9. The number of thiophene rings is 1. The van der Waals surface area contributed by atoms with Crippen LogP contribution in [0.4, 0.5) is 4.79 Å². The molecule has 158 valence electrons. The molecule has 1 aromatic heterocycles. The number of amides is 4. The van der Waals surface area contributed by atoms with Crippen molar-refractivity contribution in [3.63, 3.8) is 0 Å². The van der Waals surface area contributed by atoms with Crippen LogP contribution in [0.5, 0.6) is 0 Å². The van der Waals surface area contributed by atoms with Crippen LogP contribution in [0.1, 0.15) is 16.0 Å². The monoisotopic (exact) mass is 433 g/mol. The molecule has 1 aliphatic rings. The molecule has 2 heterocycles. The Labute approximate surface area is 184 Å². The van der Waals surface area contributed by atoms with Crippen molar-refractivity contribution in [1.29, 1.82) is 0 Å². The third-order valence-electron chi connectivity index (χ3n) is 5.33. The van der Waals surface area contributed by atoms with Gasteiger partial charge < -0.3 is 10.6 Å². The fourth-order valence-electron chi connectivity index (χ4n) is 3.79. The van der Waals surface area contributed by atoms with E-state index in [2.05, 4.69) is 10.6 Å². The minimum atomic E-state index is -1.24. The van der Waals surface area contributed by atoms with E-state index in [1.54, 1.807) is 11.3 Å². The van der Waals surface area contributed by atoms with Gasteiger partial charge in [0.25, 0.3) is 5.91 Å². The van der Waals surface area contributed by atoms with Crippen LogP contribution >= 0.6 is 11.3 Å². The molecule has 1 aliphatic heterocycles. The maximum absolute atomic E-state index is 13.5. The number of rotatable bonds is 8. The van der Waals surface area contributed by atoms with Gasteiger partial charge in [0.2, 0.25) is 5.91 Å². The summed E-state index contributed by atoms with van der Waals surface area (Å²) in [5.74, 6) is -0.774. The van der Waals surface area contributed by atoms with Crippen LogP contribution in [0.15, 0.2) is 78.2 Å². The third-order valence-corrected chi connectivity index (χ3v) is 6.27. The highest BCUT2D eigenvalue weighted by Gasteiger charge is 2.52. The van der Waals surface area contributed by atoms with E-state index in [1.807, 2.05) is 78.2 Å². The Morgan fingerprint density at radius 1 is 0.968 bits per heavy atom. The predicted octanol–water partition coefficient (Wildman–Crippen LogP) is 3.10. The molecular weight excluding hydrogens is 410 g/mol. The first-order valence-corrected chi connectivity index (χ1v) is 11.0. The van der Waals surface area contributed by atoms with E-state index in [-0.39, 0.29) is 12.5 Å². The van der Waals surface area contributed by atoms with Crippen LogP contribution < -0.4 is 10.6 Å². The zero-order chi connectivity index (χ0) is 21.7. The SMILES string of the molecule is O=C(CN1C(=O)N[C@@](Cc2ccccc2)(c2ccccc2)C1=O)NCCc1cccs1. The fraction of sp³-hybridized carbons (Fsp3) is 0.208. The third kappa shape index (κ3) is 4.51. The first kappa shape index (κ1) is 20.8. The number of urea groups is 1. The molecule has 3 aromatic rings. The summed E-state index contributed by atoms with van der Waals surface area (Å²) >= 11 is 1.63. The molecule has 0 bridgehead atoms. The van der Waals surface area contributed by atoms with Crippen LogP contribution in [-0.2, 0) is 28.0 Å². The Balaban J connectivity index is 1.50. The highest BCUT2D eigenvalue weighted by Crippen LogP contribution is 2.32. The number of carbonyl (C=O) groups excluding carboxylic acids is 3. The smallest absolute Gasteiger partial charge is 0.325 e. The molecule has 0 spiro atoms. The molecule has 2 aromatic carbocycles. The molecule has 0 saturated carbocycles. The van der Waals surface area contributed by atoms with E-state index in [4.69, 9.17) is 0 Å². The van der Waals surface area contributed by atoms with Crippen molar-refractivity contribution in [3.8, 4) is 0 Å². The summed E-state index contributed by atoms with van der Waals surface area (Å²) in [6, 6.07) is 22.1. The van der Waals surface area contributed by atoms with Gasteiger partial charge in [-0.2, -0.15) is 0 Å². The van der Waals surface area contributed by atoms with Crippen molar-refractivity contribution < 1.29 is 14.4 Å². The maximum atomic E-state index is 13.5. The van der Waals surface area contributed by atoms with E-state index < -0.39 is 17.5 Å². The van der Waals surface area contributed by atoms with Gasteiger partial charge in [0.05, 0.1) is 0 Å². The Morgan fingerprint density at radius 3 is 2.35 bits per heavy atom. The van der Waals surface area contributed by atoms with Gasteiger partial charge in [-0.3, -0.25) is 14.5 Å². The van der Waals surface area contributed by atoms with Crippen LogP contribution in [-0.4, -0.2) is 35.8 Å². The summed E-state index contributed by atoms with van der Waals surface area (Å²) < 4.78 is 0. The van der Waals surface area contributed by atoms with Crippen molar-refractivity contribution in [3.05, 3.63) is 94.2 Å². The number of hydrogen-bond donors (Lipinski definition) is 2. The lowest BCUT2D eigenvalue weighted by Gasteiger charge is -2.27. The molecule has 6 nitrogen and oxygen atoms in total. The standard InChI is InChI=1S/C24H23N3O3S/c28-21(25-14-13-20-12-7-15-31-20)17-27-22(29)24(26-23(27)30,19-10-5-2-6-11-19)16-18-8-3-1-4-9-18/h1-12,15H,13-14,16-17H2,(H,25,28)(H,26,30)/t24-/m0/s1. The zero-order valence-electron chi connectivity index (χ0n) is 16.9. The Bertz CT molecular complexity index is 1050. The normalized spacial score (nSPS) is 18.1. The Morgan fingerprint density at radius 2 is 1.68 bits per heavy atom. The average molecular weight is 434 g/mol. The summed E-state index contributed by atoms with van der Waals surface area (Å²) in [5, 5.41) is 7.66. The molecule has 2 N–H and O–H groups in total. The molecule has 0 radical (unpaired) electrons. The van der Waals surface area contributed by atoms with E-state index in [9.17, 15) is 14.4 Å². The van der Waals surface area contributed by atoms with Gasteiger partial charge in [-0.05, 0) is 29.0 Å². The van der Waals surface area contributed by atoms with Crippen molar-refractivity contribution >= 4 is 29.2 Å². The molecule has 31 heavy (non-hydrogen) atoms. The van der Waals surface area contributed by atoms with Gasteiger partial charge in [-0.25, -0.2) is 4.79 Å². The predicted molar refractivity (Wildman–Crippen MR) is 120 cm³/mol. The molecule has 0 aliphatic carbocycles. The Hall–Kier alpha value is -3.45. The van der Waals surface area contributed by atoms with Gasteiger partial charge in [0.15, 0.2) is 5.54 Å². The van der Waals surface area contributed by atoms with Gasteiger partial charge in [-0.1, -0.05) is 66.7 Å². The van der Waals surface area contributed by atoms with Crippen molar-refractivity contribution in [1.82, 2.24) is 15.5 Å². The van der Waals surface area contributed by atoms with Crippen molar-refractivity contribution in [2.45, 2.75) is 18.4 Å². The maximum Gasteiger partial charge on any atom is 0.325 e. The largest absolute Gasteiger partial charge is 0.354 e. The first-order valence-electron chi connectivity index (χ1n) is 10.1. The van der Waals surface area contributed by atoms with Gasteiger partial charge in [0, 0.05) is 17.8 Å². The number of hydrogen-bond acceptors (Lipinski definition) is 4. The molecule has 1 saturated heterocycles. The number of nitrogens with zero attached hydrogens (tertiary/aromatic N) is 1. The summed E-state index contributed by atoms with van der Waals surface area (Å²) in [6.07, 6.45) is 1.02. The van der Waals surface area contributed by atoms with E-state index >= 15 is 0 Å². The highest BCUT2D eigenvalue weighted by atomic mass is 32.1. The summed E-state index contributed by atoms with van der Waals surface area (Å²) in [7, 11) is 0.